The Balaban J connectivity index is 2.66. The number of hydrogen-bond acceptors (Lipinski definition) is 4. The van der Waals surface area contributed by atoms with Gasteiger partial charge in [-0.3, -0.25) is 4.79 Å². The van der Waals surface area contributed by atoms with Gasteiger partial charge in [-0.25, -0.2) is 0 Å². The smallest absolute Gasteiger partial charge is 0.239 e. The standard InChI is InChI=1S/C15H24N2O3/c1-3-5-8-17(4-2)15(20)12(16)9-11-6-7-13(18)14(19)10-11/h6-7,10,12,18-19H,3-5,8-9,16H2,1-2H3/t12-/m0/s1. The lowest BCUT2D eigenvalue weighted by atomic mass is 10.0. The van der Waals surface area contributed by atoms with Crippen LogP contribution >= 0.6 is 0 Å². The van der Waals surface area contributed by atoms with E-state index in [1.54, 1.807) is 11.0 Å². The van der Waals surface area contributed by atoms with E-state index in [0.717, 1.165) is 24.9 Å². The lowest BCUT2D eigenvalue weighted by Gasteiger charge is -2.24. The van der Waals surface area contributed by atoms with E-state index in [9.17, 15) is 15.0 Å². The maximum absolute atomic E-state index is 12.2. The average Bonchev–Trinajstić information content (AvgIpc) is 2.43. The maximum atomic E-state index is 12.2. The second kappa shape index (κ2) is 7.75. The summed E-state index contributed by atoms with van der Waals surface area (Å²) in [5, 5.41) is 18.7. The van der Waals surface area contributed by atoms with Gasteiger partial charge in [-0.05, 0) is 37.5 Å². The van der Waals surface area contributed by atoms with Crippen molar-refractivity contribution < 1.29 is 15.0 Å². The summed E-state index contributed by atoms with van der Waals surface area (Å²) in [4.78, 5) is 14.0. The van der Waals surface area contributed by atoms with Crippen LogP contribution in [0.1, 0.15) is 32.3 Å². The summed E-state index contributed by atoms with van der Waals surface area (Å²) >= 11 is 0. The molecule has 0 fully saturated rings. The fourth-order valence-corrected chi connectivity index (χ4v) is 2.04. The van der Waals surface area contributed by atoms with Gasteiger partial charge in [-0.2, -0.15) is 0 Å². The molecule has 0 radical (unpaired) electrons. The van der Waals surface area contributed by atoms with Crippen molar-refractivity contribution in [2.24, 2.45) is 5.73 Å². The molecule has 0 aliphatic heterocycles. The highest BCUT2D eigenvalue weighted by Gasteiger charge is 2.20. The molecular weight excluding hydrogens is 256 g/mol. The predicted molar refractivity (Wildman–Crippen MR) is 78.6 cm³/mol. The Morgan fingerprint density at radius 2 is 2.00 bits per heavy atom. The zero-order valence-electron chi connectivity index (χ0n) is 12.2. The number of amides is 1. The molecule has 1 atom stereocenters. The third-order valence-corrected chi connectivity index (χ3v) is 3.29. The largest absolute Gasteiger partial charge is 0.504 e. The highest BCUT2D eigenvalue weighted by atomic mass is 16.3. The van der Waals surface area contributed by atoms with Crippen LogP contribution in [-0.2, 0) is 11.2 Å². The van der Waals surface area contributed by atoms with E-state index >= 15 is 0 Å². The second-order valence-corrected chi connectivity index (χ2v) is 4.91. The summed E-state index contributed by atoms with van der Waals surface area (Å²) in [6.45, 7) is 5.39. The fourth-order valence-electron chi connectivity index (χ4n) is 2.04. The maximum Gasteiger partial charge on any atom is 0.239 e. The van der Waals surface area contributed by atoms with Crippen molar-refractivity contribution in [1.29, 1.82) is 0 Å². The first kappa shape index (κ1) is 16.3. The number of unbranched alkanes of at least 4 members (excludes halogenated alkanes) is 1. The van der Waals surface area contributed by atoms with Gasteiger partial charge < -0.3 is 20.8 Å². The van der Waals surface area contributed by atoms with Crippen molar-refractivity contribution in [2.75, 3.05) is 13.1 Å². The Morgan fingerprint density at radius 3 is 2.55 bits per heavy atom. The van der Waals surface area contributed by atoms with E-state index in [1.807, 2.05) is 6.92 Å². The molecule has 0 aliphatic carbocycles. The van der Waals surface area contributed by atoms with Crippen molar-refractivity contribution in [3.05, 3.63) is 23.8 Å². The normalized spacial score (nSPS) is 12.2. The van der Waals surface area contributed by atoms with E-state index in [-0.39, 0.29) is 17.4 Å². The van der Waals surface area contributed by atoms with Gasteiger partial charge in [0.15, 0.2) is 11.5 Å². The summed E-state index contributed by atoms with van der Waals surface area (Å²) in [5.41, 5.74) is 6.68. The monoisotopic (exact) mass is 280 g/mol. The topological polar surface area (TPSA) is 86.8 Å². The third-order valence-electron chi connectivity index (χ3n) is 3.29. The number of phenolic OH excluding ortho intramolecular Hbond substituents is 2. The fraction of sp³-hybridized carbons (Fsp3) is 0.533. The Morgan fingerprint density at radius 1 is 1.30 bits per heavy atom. The number of carbonyl (C=O) groups excluding carboxylic acids is 1. The van der Waals surface area contributed by atoms with Crippen LogP contribution in [0.3, 0.4) is 0 Å². The Kier molecular flexibility index (Phi) is 6.31. The van der Waals surface area contributed by atoms with E-state index in [4.69, 9.17) is 5.73 Å². The van der Waals surface area contributed by atoms with Crippen LogP contribution in [0, 0.1) is 0 Å². The van der Waals surface area contributed by atoms with Crippen molar-refractivity contribution >= 4 is 5.91 Å². The quantitative estimate of drug-likeness (QED) is 0.662. The number of rotatable bonds is 7. The Bertz CT molecular complexity index is 449. The molecule has 1 aromatic rings. The SMILES string of the molecule is CCCCN(CC)C(=O)[C@@H](N)Cc1ccc(O)c(O)c1. The van der Waals surface area contributed by atoms with Crippen molar-refractivity contribution in [3.63, 3.8) is 0 Å². The van der Waals surface area contributed by atoms with Crippen LogP contribution < -0.4 is 5.73 Å². The zero-order valence-corrected chi connectivity index (χ0v) is 12.2. The minimum absolute atomic E-state index is 0.0754. The molecule has 20 heavy (non-hydrogen) atoms. The number of benzene rings is 1. The molecule has 0 spiro atoms. The molecule has 0 bridgehead atoms. The molecule has 1 rings (SSSR count). The number of hydrogen-bond donors (Lipinski definition) is 3. The van der Waals surface area contributed by atoms with Crippen LogP contribution in [0.2, 0.25) is 0 Å². The van der Waals surface area contributed by atoms with Gasteiger partial charge >= 0.3 is 0 Å². The van der Waals surface area contributed by atoms with Crippen molar-refractivity contribution in [1.82, 2.24) is 4.90 Å². The van der Waals surface area contributed by atoms with Crippen LogP contribution in [0.4, 0.5) is 0 Å². The number of phenols is 2. The first-order valence-electron chi connectivity index (χ1n) is 7.04. The van der Waals surface area contributed by atoms with E-state index in [0.29, 0.717) is 13.0 Å². The Hall–Kier alpha value is -1.75. The van der Waals surface area contributed by atoms with Crippen LogP contribution in [0.5, 0.6) is 11.5 Å². The molecular formula is C15H24N2O3. The van der Waals surface area contributed by atoms with Crippen molar-refractivity contribution in [3.8, 4) is 11.5 Å². The van der Waals surface area contributed by atoms with E-state index < -0.39 is 6.04 Å². The molecule has 4 N–H and O–H groups in total. The molecule has 0 aliphatic rings. The molecule has 0 saturated heterocycles. The average molecular weight is 280 g/mol. The van der Waals surface area contributed by atoms with Crippen molar-refractivity contribution in [2.45, 2.75) is 39.2 Å². The molecule has 1 amide bonds. The number of aromatic hydroxyl groups is 2. The minimum Gasteiger partial charge on any atom is -0.504 e. The third kappa shape index (κ3) is 4.42. The molecule has 5 heteroatoms. The molecule has 0 heterocycles. The first-order chi connectivity index (χ1) is 9.49. The second-order valence-electron chi connectivity index (χ2n) is 4.91. The van der Waals surface area contributed by atoms with Gasteiger partial charge in [0, 0.05) is 13.1 Å². The minimum atomic E-state index is -0.629. The van der Waals surface area contributed by atoms with E-state index in [2.05, 4.69) is 6.92 Å². The zero-order chi connectivity index (χ0) is 15.1. The predicted octanol–water partition coefficient (Wildman–Crippen LogP) is 1.62. The van der Waals surface area contributed by atoms with Gasteiger partial charge in [-0.1, -0.05) is 19.4 Å². The Labute approximate surface area is 120 Å². The summed E-state index contributed by atoms with van der Waals surface area (Å²) in [6, 6.07) is 3.86. The number of carbonyl (C=O) groups is 1. The summed E-state index contributed by atoms with van der Waals surface area (Å²) in [5.74, 6) is -0.444. The summed E-state index contributed by atoms with van der Waals surface area (Å²) in [6.07, 6.45) is 2.34. The molecule has 0 unspecified atom stereocenters. The molecule has 112 valence electrons. The van der Waals surface area contributed by atoms with Crippen LogP contribution in [0.15, 0.2) is 18.2 Å². The summed E-state index contributed by atoms with van der Waals surface area (Å²) < 4.78 is 0. The first-order valence-corrected chi connectivity index (χ1v) is 7.04. The lowest BCUT2D eigenvalue weighted by molar-refractivity contribution is -0.132. The molecule has 0 aromatic heterocycles. The molecule has 5 nitrogen and oxygen atoms in total. The molecule has 0 saturated carbocycles. The number of nitrogens with zero attached hydrogens (tertiary/aromatic N) is 1. The summed E-state index contributed by atoms with van der Waals surface area (Å²) in [7, 11) is 0. The van der Waals surface area contributed by atoms with E-state index in [1.165, 1.54) is 12.1 Å². The van der Waals surface area contributed by atoms with Crippen LogP contribution in [-0.4, -0.2) is 40.2 Å². The lowest BCUT2D eigenvalue weighted by Crippen LogP contribution is -2.45. The number of nitrogens with two attached hydrogens (primary N) is 1. The van der Waals surface area contributed by atoms with Gasteiger partial charge in [0.25, 0.3) is 0 Å². The van der Waals surface area contributed by atoms with Crippen LogP contribution in [0.25, 0.3) is 0 Å². The molecule has 1 aromatic carbocycles. The highest BCUT2D eigenvalue weighted by molar-refractivity contribution is 5.82. The van der Waals surface area contributed by atoms with Gasteiger partial charge in [0.2, 0.25) is 5.91 Å². The van der Waals surface area contributed by atoms with Gasteiger partial charge in [0.05, 0.1) is 6.04 Å². The van der Waals surface area contributed by atoms with Gasteiger partial charge in [-0.15, -0.1) is 0 Å². The van der Waals surface area contributed by atoms with Gasteiger partial charge in [0.1, 0.15) is 0 Å². The number of likely N-dealkylation sites (N-methyl/N-ethyl adjacent to an activating group) is 1. The highest BCUT2D eigenvalue weighted by Crippen LogP contribution is 2.25.